The first-order valence-corrected chi connectivity index (χ1v) is 6.88. The quantitative estimate of drug-likeness (QED) is 0.861. The Morgan fingerprint density at radius 3 is 2.81 bits per heavy atom. The van der Waals surface area contributed by atoms with Gasteiger partial charge in [0, 0.05) is 18.0 Å². The number of nitrogens with two attached hydrogens (primary N) is 1. The number of thiazole rings is 1. The third-order valence-electron chi connectivity index (χ3n) is 3.93. The summed E-state index contributed by atoms with van der Waals surface area (Å²) in [6.45, 7) is 0. The van der Waals surface area contributed by atoms with Crippen molar-refractivity contribution >= 4 is 11.3 Å². The van der Waals surface area contributed by atoms with E-state index in [0.29, 0.717) is 0 Å². The second kappa shape index (κ2) is 3.79. The lowest BCUT2D eigenvalue weighted by Crippen LogP contribution is -2.35. The maximum Gasteiger partial charge on any atom is 0.125 e. The van der Waals surface area contributed by atoms with Gasteiger partial charge >= 0.3 is 0 Å². The molecule has 16 heavy (non-hydrogen) atoms. The van der Waals surface area contributed by atoms with Gasteiger partial charge in [-0.05, 0) is 38.5 Å². The maximum absolute atomic E-state index is 6.13. The van der Waals surface area contributed by atoms with Crippen LogP contribution in [-0.2, 0) is 16.8 Å². The molecule has 1 fully saturated rings. The number of fused-ring (bicyclic) bond motifs is 1. The minimum Gasteiger partial charge on any atom is -0.371 e. The molecule has 0 spiro atoms. The van der Waals surface area contributed by atoms with Gasteiger partial charge < -0.3 is 10.5 Å². The molecule has 1 aromatic rings. The van der Waals surface area contributed by atoms with E-state index in [4.69, 9.17) is 15.5 Å². The molecular formula is C12H18N2OS. The number of hydrogen-bond acceptors (Lipinski definition) is 4. The number of rotatable bonds is 2. The molecule has 1 aromatic heterocycles. The van der Waals surface area contributed by atoms with Crippen molar-refractivity contribution in [3.63, 3.8) is 0 Å². The fourth-order valence-corrected chi connectivity index (χ4v) is 4.02. The first-order chi connectivity index (χ1) is 7.75. The Balaban J connectivity index is 1.97. The van der Waals surface area contributed by atoms with Gasteiger partial charge in [-0.1, -0.05) is 0 Å². The summed E-state index contributed by atoms with van der Waals surface area (Å²) in [5.74, 6) is 0. The van der Waals surface area contributed by atoms with Crippen LogP contribution in [0.1, 0.15) is 53.7 Å². The van der Waals surface area contributed by atoms with Crippen molar-refractivity contribution in [1.82, 2.24) is 4.98 Å². The zero-order valence-corrected chi connectivity index (χ0v) is 10.5. The molecule has 0 aliphatic heterocycles. The summed E-state index contributed by atoms with van der Waals surface area (Å²) in [5.41, 5.74) is 7.30. The molecule has 2 N–H and O–H groups in total. The summed E-state index contributed by atoms with van der Waals surface area (Å²) in [6.07, 6.45) is 6.87. The van der Waals surface area contributed by atoms with Crippen LogP contribution in [0.5, 0.6) is 0 Å². The Kier molecular flexibility index (Phi) is 2.53. The SMILES string of the molecule is COC1(c2nc3c(s2)C(N)CCC3)CCC1. The zero-order valence-electron chi connectivity index (χ0n) is 9.66. The molecule has 88 valence electrons. The largest absolute Gasteiger partial charge is 0.371 e. The average Bonchev–Trinajstić information content (AvgIpc) is 2.62. The second-order valence-electron chi connectivity index (χ2n) is 4.88. The molecule has 1 unspecified atom stereocenters. The molecule has 0 amide bonds. The predicted molar refractivity (Wildman–Crippen MR) is 64.5 cm³/mol. The zero-order chi connectivity index (χ0) is 11.2. The van der Waals surface area contributed by atoms with Crippen LogP contribution in [0.2, 0.25) is 0 Å². The van der Waals surface area contributed by atoms with Crippen LogP contribution in [0.25, 0.3) is 0 Å². The molecule has 0 saturated heterocycles. The maximum atomic E-state index is 6.13. The summed E-state index contributed by atoms with van der Waals surface area (Å²) < 4.78 is 5.68. The smallest absolute Gasteiger partial charge is 0.125 e. The van der Waals surface area contributed by atoms with E-state index in [1.165, 1.54) is 28.4 Å². The predicted octanol–water partition coefficient (Wildman–Crippen LogP) is 2.50. The highest BCUT2D eigenvalue weighted by Gasteiger charge is 2.42. The minimum atomic E-state index is -0.0677. The fraction of sp³-hybridized carbons (Fsp3) is 0.750. The summed E-state index contributed by atoms with van der Waals surface area (Å²) >= 11 is 1.79. The molecule has 1 heterocycles. The molecule has 3 rings (SSSR count). The van der Waals surface area contributed by atoms with Crippen molar-refractivity contribution < 1.29 is 4.74 Å². The van der Waals surface area contributed by atoms with Crippen LogP contribution in [0.4, 0.5) is 0 Å². The molecular weight excluding hydrogens is 220 g/mol. The molecule has 0 radical (unpaired) electrons. The van der Waals surface area contributed by atoms with Crippen LogP contribution in [0.3, 0.4) is 0 Å². The van der Waals surface area contributed by atoms with Crippen molar-refractivity contribution in [2.75, 3.05) is 7.11 Å². The van der Waals surface area contributed by atoms with E-state index in [1.54, 1.807) is 18.4 Å². The Morgan fingerprint density at radius 1 is 1.44 bits per heavy atom. The first kappa shape index (κ1) is 10.7. The van der Waals surface area contributed by atoms with Crippen LogP contribution in [-0.4, -0.2) is 12.1 Å². The number of aryl methyl sites for hydroxylation is 1. The van der Waals surface area contributed by atoms with E-state index in [9.17, 15) is 0 Å². The van der Waals surface area contributed by atoms with Gasteiger partial charge in [0.1, 0.15) is 10.6 Å². The highest BCUT2D eigenvalue weighted by Crippen LogP contribution is 2.47. The lowest BCUT2D eigenvalue weighted by atomic mass is 9.80. The summed E-state index contributed by atoms with van der Waals surface area (Å²) in [7, 11) is 1.81. The van der Waals surface area contributed by atoms with Crippen molar-refractivity contribution in [3.05, 3.63) is 15.6 Å². The van der Waals surface area contributed by atoms with Crippen LogP contribution >= 0.6 is 11.3 Å². The molecule has 1 atom stereocenters. The van der Waals surface area contributed by atoms with Gasteiger partial charge in [0.2, 0.25) is 0 Å². The van der Waals surface area contributed by atoms with E-state index >= 15 is 0 Å². The van der Waals surface area contributed by atoms with E-state index < -0.39 is 0 Å². The lowest BCUT2D eigenvalue weighted by molar-refractivity contribution is -0.0780. The Hall–Kier alpha value is -0.450. The van der Waals surface area contributed by atoms with Crippen molar-refractivity contribution in [2.45, 2.75) is 50.2 Å². The molecule has 0 aromatic carbocycles. The van der Waals surface area contributed by atoms with E-state index in [-0.39, 0.29) is 11.6 Å². The third-order valence-corrected chi connectivity index (χ3v) is 5.35. The third kappa shape index (κ3) is 1.44. The Bertz CT molecular complexity index is 392. The molecule has 0 bridgehead atoms. The van der Waals surface area contributed by atoms with Gasteiger partial charge in [-0.2, -0.15) is 0 Å². The minimum absolute atomic E-state index is 0.0677. The summed E-state index contributed by atoms with van der Waals surface area (Å²) in [6, 6.07) is 0.212. The van der Waals surface area contributed by atoms with Crippen molar-refractivity contribution in [1.29, 1.82) is 0 Å². The summed E-state index contributed by atoms with van der Waals surface area (Å²) in [4.78, 5) is 6.09. The highest BCUT2D eigenvalue weighted by molar-refractivity contribution is 7.12. The van der Waals surface area contributed by atoms with Crippen LogP contribution < -0.4 is 5.73 Å². The normalized spacial score (nSPS) is 27.2. The first-order valence-electron chi connectivity index (χ1n) is 6.06. The second-order valence-corrected chi connectivity index (χ2v) is 5.91. The lowest BCUT2D eigenvalue weighted by Gasteiger charge is -2.38. The average molecular weight is 238 g/mol. The van der Waals surface area contributed by atoms with E-state index in [2.05, 4.69) is 0 Å². The highest BCUT2D eigenvalue weighted by atomic mass is 32.1. The standard InChI is InChI=1S/C12H18N2OS/c1-15-12(6-3-7-12)11-14-9-5-2-4-8(13)10(9)16-11/h8H,2-7,13H2,1H3. The number of aromatic nitrogens is 1. The number of ether oxygens (including phenoxy) is 1. The monoisotopic (exact) mass is 238 g/mol. The van der Waals surface area contributed by atoms with Crippen molar-refractivity contribution in [3.8, 4) is 0 Å². The van der Waals surface area contributed by atoms with Gasteiger partial charge in [-0.15, -0.1) is 11.3 Å². The van der Waals surface area contributed by atoms with Crippen LogP contribution in [0, 0.1) is 0 Å². The summed E-state index contributed by atoms with van der Waals surface area (Å²) in [5, 5.41) is 1.17. The molecule has 3 nitrogen and oxygen atoms in total. The number of methoxy groups -OCH3 is 1. The number of nitrogens with zero attached hydrogens (tertiary/aromatic N) is 1. The van der Waals surface area contributed by atoms with Crippen molar-refractivity contribution in [2.24, 2.45) is 5.73 Å². The Morgan fingerprint density at radius 2 is 2.25 bits per heavy atom. The fourth-order valence-electron chi connectivity index (χ4n) is 2.65. The van der Waals surface area contributed by atoms with Gasteiger partial charge in [-0.25, -0.2) is 4.98 Å². The van der Waals surface area contributed by atoms with Gasteiger partial charge in [0.25, 0.3) is 0 Å². The van der Waals surface area contributed by atoms with Crippen LogP contribution in [0.15, 0.2) is 0 Å². The van der Waals surface area contributed by atoms with E-state index in [1.807, 2.05) is 0 Å². The Labute approximate surface area is 100 Å². The molecule has 2 aliphatic carbocycles. The van der Waals surface area contributed by atoms with E-state index in [0.717, 1.165) is 25.7 Å². The van der Waals surface area contributed by atoms with Gasteiger partial charge in [0.15, 0.2) is 0 Å². The molecule has 2 aliphatic rings. The molecule has 1 saturated carbocycles. The molecule has 4 heteroatoms. The van der Waals surface area contributed by atoms with Gasteiger partial charge in [-0.3, -0.25) is 0 Å². The topological polar surface area (TPSA) is 48.1 Å². The number of hydrogen-bond donors (Lipinski definition) is 1. The van der Waals surface area contributed by atoms with Gasteiger partial charge in [0.05, 0.1) is 5.69 Å².